The second-order valence-electron chi connectivity index (χ2n) is 4.49. The molecule has 0 aliphatic rings. The molecule has 0 saturated heterocycles. The second kappa shape index (κ2) is 6.39. The molecule has 0 radical (unpaired) electrons. The summed E-state index contributed by atoms with van der Waals surface area (Å²) in [5.41, 5.74) is 9.46. The van der Waals surface area contributed by atoms with Gasteiger partial charge >= 0.3 is 0 Å². The van der Waals surface area contributed by atoms with E-state index in [1.165, 1.54) is 20.5 Å². The van der Waals surface area contributed by atoms with Crippen LogP contribution in [-0.4, -0.2) is 6.54 Å². The first-order valence-corrected chi connectivity index (χ1v) is 8.45. The maximum Gasteiger partial charge on any atom is 0.0739 e. The van der Waals surface area contributed by atoms with Crippen LogP contribution in [0.25, 0.3) is 0 Å². The minimum Gasteiger partial charge on any atom is -0.376 e. The number of anilines is 1. The summed E-state index contributed by atoms with van der Waals surface area (Å²) in [6.07, 6.45) is 0. The van der Waals surface area contributed by atoms with E-state index in [9.17, 15) is 0 Å². The quantitative estimate of drug-likeness (QED) is 0.753. The number of benzene rings is 1. The third-order valence-corrected chi connectivity index (χ3v) is 6.21. The van der Waals surface area contributed by atoms with Crippen LogP contribution in [0, 0.1) is 13.8 Å². The lowest BCUT2D eigenvalue weighted by molar-refractivity contribution is 0.802. The predicted molar refractivity (Wildman–Crippen MR) is 91.1 cm³/mol. The third-order valence-electron chi connectivity index (χ3n) is 2.97. The zero-order chi connectivity index (χ0) is 14.0. The number of thiophene rings is 1. The summed E-state index contributed by atoms with van der Waals surface area (Å²) in [6, 6.07) is 6.47. The highest BCUT2D eigenvalue weighted by Crippen LogP contribution is 2.32. The van der Waals surface area contributed by atoms with Crippen LogP contribution in [0.3, 0.4) is 0 Å². The third kappa shape index (κ3) is 3.40. The number of aryl methyl sites for hydroxylation is 2. The lowest BCUT2D eigenvalue weighted by Gasteiger charge is -2.19. The smallest absolute Gasteiger partial charge is 0.0739 e. The van der Waals surface area contributed by atoms with Gasteiger partial charge in [-0.1, -0.05) is 15.9 Å². The summed E-state index contributed by atoms with van der Waals surface area (Å²) >= 11 is 8.87. The molecule has 1 unspecified atom stereocenters. The zero-order valence-corrected chi connectivity index (χ0v) is 14.8. The van der Waals surface area contributed by atoms with E-state index in [0.29, 0.717) is 6.54 Å². The van der Waals surface area contributed by atoms with Crippen molar-refractivity contribution in [3.8, 4) is 0 Å². The molecule has 0 aliphatic heterocycles. The summed E-state index contributed by atoms with van der Waals surface area (Å²) in [7, 11) is 0. The van der Waals surface area contributed by atoms with Gasteiger partial charge in [0.25, 0.3) is 0 Å². The van der Waals surface area contributed by atoms with Gasteiger partial charge in [-0.25, -0.2) is 0 Å². The molecule has 0 aliphatic carbocycles. The van der Waals surface area contributed by atoms with Crippen molar-refractivity contribution in [3.05, 3.63) is 48.5 Å². The lowest BCUT2D eigenvalue weighted by Crippen LogP contribution is -2.20. The van der Waals surface area contributed by atoms with Crippen molar-refractivity contribution in [1.82, 2.24) is 0 Å². The van der Waals surface area contributed by atoms with Gasteiger partial charge in [0.15, 0.2) is 0 Å². The summed E-state index contributed by atoms with van der Waals surface area (Å²) in [6.45, 7) is 4.76. The van der Waals surface area contributed by atoms with Crippen molar-refractivity contribution < 1.29 is 0 Å². The van der Waals surface area contributed by atoms with Gasteiger partial charge < -0.3 is 11.1 Å². The Hall–Kier alpha value is -0.360. The van der Waals surface area contributed by atoms with Crippen molar-refractivity contribution in [2.24, 2.45) is 5.73 Å². The molecule has 2 aromatic rings. The maximum atomic E-state index is 5.90. The predicted octanol–water partition coefficient (Wildman–Crippen LogP) is 5.00. The molecule has 1 heterocycles. The summed E-state index contributed by atoms with van der Waals surface area (Å²) in [5.74, 6) is 0. The molecule has 0 amide bonds. The molecule has 1 atom stereocenters. The van der Waals surface area contributed by atoms with Gasteiger partial charge in [0.05, 0.1) is 6.04 Å². The Morgan fingerprint density at radius 1 is 1.26 bits per heavy atom. The Morgan fingerprint density at radius 2 is 1.89 bits per heavy atom. The second-order valence-corrected chi connectivity index (χ2v) is 7.08. The molecule has 1 aromatic carbocycles. The van der Waals surface area contributed by atoms with E-state index in [0.717, 1.165) is 10.2 Å². The van der Waals surface area contributed by atoms with E-state index < -0.39 is 0 Å². The first-order valence-electron chi connectivity index (χ1n) is 5.99. The Balaban J connectivity index is 2.27. The van der Waals surface area contributed by atoms with Gasteiger partial charge in [0.2, 0.25) is 0 Å². The van der Waals surface area contributed by atoms with Gasteiger partial charge in [-0.3, -0.25) is 0 Å². The topological polar surface area (TPSA) is 38.0 Å². The van der Waals surface area contributed by atoms with Gasteiger partial charge in [0, 0.05) is 26.1 Å². The van der Waals surface area contributed by atoms with Gasteiger partial charge in [-0.05, 0) is 64.5 Å². The van der Waals surface area contributed by atoms with Crippen molar-refractivity contribution >= 4 is 48.9 Å². The van der Waals surface area contributed by atoms with Gasteiger partial charge in [-0.15, -0.1) is 11.3 Å². The van der Waals surface area contributed by atoms with E-state index in [2.05, 4.69) is 74.6 Å². The van der Waals surface area contributed by atoms with Crippen molar-refractivity contribution in [3.63, 3.8) is 0 Å². The Labute approximate surface area is 134 Å². The van der Waals surface area contributed by atoms with Crippen molar-refractivity contribution in [1.29, 1.82) is 0 Å². The number of hydrogen-bond acceptors (Lipinski definition) is 3. The minimum absolute atomic E-state index is 0.134. The summed E-state index contributed by atoms with van der Waals surface area (Å²) < 4.78 is 2.28. The highest BCUT2D eigenvalue weighted by Gasteiger charge is 2.15. The average Bonchev–Trinajstić information content (AvgIpc) is 2.79. The normalized spacial score (nSPS) is 12.5. The fraction of sp³-hybridized carbons (Fsp3) is 0.286. The molecule has 1 aromatic heterocycles. The molecule has 102 valence electrons. The van der Waals surface area contributed by atoms with Gasteiger partial charge in [-0.2, -0.15) is 0 Å². The Kier molecular flexibility index (Phi) is 5.06. The van der Waals surface area contributed by atoms with E-state index in [1.54, 1.807) is 11.3 Å². The van der Waals surface area contributed by atoms with E-state index in [1.807, 2.05) is 0 Å². The Morgan fingerprint density at radius 3 is 2.37 bits per heavy atom. The highest BCUT2D eigenvalue weighted by molar-refractivity contribution is 9.10. The zero-order valence-electron chi connectivity index (χ0n) is 10.8. The number of rotatable bonds is 4. The number of nitrogens with two attached hydrogens (primary N) is 1. The number of halogens is 2. The van der Waals surface area contributed by atoms with Crippen molar-refractivity contribution in [2.75, 3.05) is 11.9 Å². The SMILES string of the molecule is Cc1cc(NC(CN)c2sccc2Br)cc(C)c1Br. The average molecular weight is 404 g/mol. The van der Waals surface area contributed by atoms with Crippen LogP contribution in [0.2, 0.25) is 0 Å². The van der Waals surface area contributed by atoms with Crippen LogP contribution in [-0.2, 0) is 0 Å². The molecule has 0 spiro atoms. The van der Waals surface area contributed by atoms with Crippen LogP contribution in [0.4, 0.5) is 5.69 Å². The largest absolute Gasteiger partial charge is 0.376 e. The molecular weight excluding hydrogens is 388 g/mol. The lowest BCUT2D eigenvalue weighted by atomic mass is 10.1. The maximum absolute atomic E-state index is 5.90. The number of hydrogen-bond donors (Lipinski definition) is 2. The van der Waals surface area contributed by atoms with Crippen LogP contribution >= 0.6 is 43.2 Å². The van der Waals surface area contributed by atoms with E-state index in [4.69, 9.17) is 5.73 Å². The standard InChI is InChI=1S/C14H16Br2N2S/c1-8-5-10(6-9(2)13(8)16)18-12(7-17)14-11(15)3-4-19-14/h3-6,12,18H,7,17H2,1-2H3. The number of nitrogens with one attached hydrogen (secondary N) is 1. The van der Waals surface area contributed by atoms with Crippen molar-refractivity contribution in [2.45, 2.75) is 19.9 Å². The molecule has 0 fully saturated rings. The van der Waals surface area contributed by atoms with E-state index >= 15 is 0 Å². The first kappa shape index (κ1) is 15.0. The highest BCUT2D eigenvalue weighted by atomic mass is 79.9. The molecule has 19 heavy (non-hydrogen) atoms. The minimum atomic E-state index is 0.134. The summed E-state index contributed by atoms with van der Waals surface area (Å²) in [5, 5.41) is 5.59. The molecule has 2 rings (SSSR count). The monoisotopic (exact) mass is 402 g/mol. The molecule has 5 heteroatoms. The molecular formula is C14H16Br2N2S. The first-order chi connectivity index (χ1) is 9.02. The molecule has 0 saturated carbocycles. The van der Waals surface area contributed by atoms with E-state index in [-0.39, 0.29) is 6.04 Å². The van der Waals surface area contributed by atoms with Gasteiger partial charge in [0.1, 0.15) is 0 Å². The van der Waals surface area contributed by atoms with Crippen LogP contribution in [0.15, 0.2) is 32.5 Å². The fourth-order valence-corrected chi connectivity index (χ4v) is 3.96. The fourth-order valence-electron chi connectivity index (χ4n) is 2.02. The Bertz CT molecular complexity index is 558. The van der Waals surface area contributed by atoms with Crippen LogP contribution < -0.4 is 11.1 Å². The van der Waals surface area contributed by atoms with Crippen LogP contribution in [0.1, 0.15) is 22.0 Å². The molecule has 3 N–H and O–H groups in total. The van der Waals surface area contributed by atoms with Crippen LogP contribution in [0.5, 0.6) is 0 Å². The molecule has 0 bridgehead atoms. The molecule has 2 nitrogen and oxygen atoms in total. The summed E-state index contributed by atoms with van der Waals surface area (Å²) in [4.78, 5) is 1.24.